The van der Waals surface area contributed by atoms with Crippen molar-refractivity contribution in [3.63, 3.8) is 0 Å². The molecular formula is C10H15NO3. The maximum atomic E-state index is 11.4. The molecule has 0 aromatic rings. The van der Waals surface area contributed by atoms with Gasteiger partial charge in [-0.05, 0) is 13.3 Å². The van der Waals surface area contributed by atoms with Crippen LogP contribution in [0.25, 0.3) is 0 Å². The summed E-state index contributed by atoms with van der Waals surface area (Å²) < 4.78 is 4.92. The first-order valence-electron chi connectivity index (χ1n) is 5.09. The number of ketones is 1. The Balaban J connectivity index is 1.89. The highest BCUT2D eigenvalue weighted by Gasteiger charge is 2.49. The van der Waals surface area contributed by atoms with Crippen molar-refractivity contribution in [1.82, 2.24) is 4.90 Å². The Bertz CT molecular complexity index is 267. The highest BCUT2D eigenvalue weighted by molar-refractivity contribution is 5.86. The summed E-state index contributed by atoms with van der Waals surface area (Å²) in [4.78, 5) is 24.0. The van der Waals surface area contributed by atoms with Crippen molar-refractivity contribution in [2.45, 2.75) is 26.2 Å². The molecule has 0 atom stereocenters. The van der Waals surface area contributed by atoms with Crippen LogP contribution in [-0.2, 0) is 9.53 Å². The lowest BCUT2D eigenvalue weighted by molar-refractivity contribution is -0.131. The normalized spacial score (nSPS) is 23.8. The number of hydrogen-bond acceptors (Lipinski definition) is 3. The summed E-state index contributed by atoms with van der Waals surface area (Å²) in [5.41, 5.74) is 0.115. The quantitative estimate of drug-likeness (QED) is 0.634. The van der Waals surface area contributed by atoms with E-state index in [9.17, 15) is 9.59 Å². The van der Waals surface area contributed by atoms with Crippen molar-refractivity contribution in [3.05, 3.63) is 0 Å². The molecule has 2 rings (SSSR count). The van der Waals surface area contributed by atoms with Gasteiger partial charge in [0.05, 0.1) is 6.61 Å². The fourth-order valence-corrected chi connectivity index (χ4v) is 2.38. The zero-order valence-corrected chi connectivity index (χ0v) is 8.41. The van der Waals surface area contributed by atoms with Crippen LogP contribution in [0.4, 0.5) is 4.79 Å². The first-order valence-corrected chi connectivity index (χ1v) is 5.09. The van der Waals surface area contributed by atoms with E-state index in [1.54, 1.807) is 11.8 Å². The first-order chi connectivity index (χ1) is 6.65. The molecule has 4 heteroatoms. The van der Waals surface area contributed by atoms with Crippen LogP contribution in [0.3, 0.4) is 0 Å². The minimum absolute atomic E-state index is 0.115. The minimum atomic E-state index is -0.233. The molecule has 0 aromatic heterocycles. The Morgan fingerprint density at radius 1 is 1.57 bits per heavy atom. The van der Waals surface area contributed by atoms with Crippen molar-refractivity contribution in [2.75, 3.05) is 19.7 Å². The average Bonchev–Trinajstić information content (AvgIpc) is 2.49. The van der Waals surface area contributed by atoms with Crippen LogP contribution in [0.5, 0.6) is 0 Å². The van der Waals surface area contributed by atoms with E-state index in [1.165, 1.54) is 0 Å². The van der Waals surface area contributed by atoms with E-state index < -0.39 is 0 Å². The maximum Gasteiger partial charge on any atom is 0.409 e. The molecule has 0 N–H and O–H groups in total. The maximum absolute atomic E-state index is 11.4. The minimum Gasteiger partial charge on any atom is -0.450 e. The molecule has 4 nitrogen and oxygen atoms in total. The summed E-state index contributed by atoms with van der Waals surface area (Å²) in [5, 5.41) is 0. The molecule has 1 aliphatic heterocycles. The highest BCUT2D eigenvalue weighted by atomic mass is 16.6. The summed E-state index contributed by atoms with van der Waals surface area (Å²) in [6.07, 6.45) is 2.03. The summed E-state index contributed by atoms with van der Waals surface area (Å²) in [6.45, 7) is 3.67. The molecule has 1 saturated carbocycles. The predicted molar refractivity (Wildman–Crippen MR) is 49.9 cm³/mol. The summed E-state index contributed by atoms with van der Waals surface area (Å²) >= 11 is 0. The molecule has 2 fully saturated rings. The van der Waals surface area contributed by atoms with Gasteiger partial charge in [0.15, 0.2) is 0 Å². The Morgan fingerprint density at radius 3 is 2.86 bits per heavy atom. The topological polar surface area (TPSA) is 46.6 Å². The molecule has 0 radical (unpaired) electrons. The van der Waals surface area contributed by atoms with Crippen LogP contribution in [0.15, 0.2) is 0 Å². The van der Waals surface area contributed by atoms with Gasteiger partial charge in [-0.3, -0.25) is 4.79 Å². The summed E-state index contributed by atoms with van der Waals surface area (Å²) in [5.74, 6) is 0.329. The van der Waals surface area contributed by atoms with Gasteiger partial charge < -0.3 is 9.64 Å². The lowest BCUT2D eigenvalue weighted by Crippen LogP contribution is -2.41. The third-order valence-electron chi connectivity index (χ3n) is 3.11. The number of carbonyl (C=O) groups is 2. The van der Waals surface area contributed by atoms with Gasteiger partial charge in [-0.25, -0.2) is 4.79 Å². The number of nitrogens with zero attached hydrogens (tertiary/aromatic N) is 1. The van der Waals surface area contributed by atoms with Crippen LogP contribution in [0.1, 0.15) is 26.2 Å². The fourth-order valence-electron chi connectivity index (χ4n) is 2.38. The molecule has 0 unspecified atom stereocenters. The van der Waals surface area contributed by atoms with E-state index in [2.05, 4.69) is 0 Å². The van der Waals surface area contributed by atoms with Gasteiger partial charge >= 0.3 is 6.09 Å². The third kappa shape index (κ3) is 1.49. The lowest BCUT2D eigenvalue weighted by atomic mass is 9.67. The molecular weight excluding hydrogens is 182 g/mol. The van der Waals surface area contributed by atoms with Gasteiger partial charge in [0.2, 0.25) is 0 Å². The predicted octanol–water partition coefficient (Wildman–Crippen LogP) is 1.20. The van der Waals surface area contributed by atoms with Crippen LogP contribution in [-0.4, -0.2) is 36.5 Å². The van der Waals surface area contributed by atoms with Crippen LogP contribution in [0, 0.1) is 5.41 Å². The van der Waals surface area contributed by atoms with Gasteiger partial charge in [0.1, 0.15) is 5.78 Å². The van der Waals surface area contributed by atoms with Crippen molar-refractivity contribution in [2.24, 2.45) is 5.41 Å². The average molecular weight is 197 g/mol. The second-order valence-electron chi connectivity index (χ2n) is 4.26. The molecule has 1 heterocycles. The molecule has 0 bridgehead atoms. The largest absolute Gasteiger partial charge is 0.450 e. The number of amides is 1. The fraction of sp³-hybridized carbons (Fsp3) is 0.800. The SMILES string of the molecule is CCOC(=O)N1CCC2(CC(=O)C2)C1. The third-order valence-corrected chi connectivity index (χ3v) is 3.11. The van der Waals surface area contributed by atoms with E-state index in [0.717, 1.165) is 13.0 Å². The van der Waals surface area contributed by atoms with Crippen molar-refractivity contribution < 1.29 is 14.3 Å². The molecule has 0 aromatic carbocycles. The van der Waals surface area contributed by atoms with Crippen LogP contribution in [0.2, 0.25) is 0 Å². The summed E-state index contributed by atoms with van der Waals surface area (Å²) in [6, 6.07) is 0. The van der Waals surface area contributed by atoms with Gasteiger partial charge in [0.25, 0.3) is 0 Å². The Morgan fingerprint density at radius 2 is 2.29 bits per heavy atom. The number of carbonyl (C=O) groups excluding carboxylic acids is 2. The zero-order chi connectivity index (χ0) is 10.2. The van der Waals surface area contributed by atoms with Crippen LogP contribution < -0.4 is 0 Å². The molecule has 78 valence electrons. The number of ether oxygens (including phenoxy) is 1. The molecule has 2 aliphatic rings. The van der Waals surface area contributed by atoms with Crippen molar-refractivity contribution in [1.29, 1.82) is 0 Å². The summed E-state index contributed by atoms with van der Waals surface area (Å²) in [7, 11) is 0. The molecule has 1 spiro atoms. The van der Waals surface area contributed by atoms with Gasteiger partial charge in [-0.1, -0.05) is 0 Å². The second kappa shape index (κ2) is 3.26. The van der Waals surface area contributed by atoms with Crippen molar-refractivity contribution >= 4 is 11.9 Å². The molecule has 1 amide bonds. The van der Waals surface area contributed by atoms with Gasteiger partial charge in [-0.15, -0.1) is 0 Å². The Kier molecular flexibility index (Phi) is 2.21. The van der Waals surface area contributed by atoms with E-state index in [1.807, 2.05) is 0 Å². The van der Waals surface area contributed by atoms with Crippen LogP contribution >= 0.6 is 0 Å². The molecule has 14 heavy (non-hydrogen) atoms. The van der Waals surface area contributed by atoms with E-state index in [4.69, 9.17) is 4.74 Å². The Labute approximate surface area is 83.2 Å². The Hall–Kier alpha value is -1.06. The molecule has 1 aliphatic carbocycles. The van der Waals surface area contributed by atoms with E-state index in [-0.39, 0.29) is 11.5 Å². The van der Waals surface area contributed by atoms with E-state index in [0.29, 0.717) is 31.8 Å². The number of rotatable bonds is 1. The highest BCUT2D eigenvalue weighted by Crippen LogP contribution is 2.45. The smallest absolute Gasteiger partial charge is 0.409 e. The first kappa shape index (κ1) is 9.49. The van der Waals surface area contributed by atoms with Gasteiger partial charge in [-0.2, -0.15) is 0 Å². The number of Topliss-reactive ketones (excluding diaryl/α,β-unsaturated/α-hetero) is 1. The number of hydrogen-bond donors (Lipinski definition) is 0. The lowest BCUT2D eigenvalue weighted by Gasteiger charge is -2.36. The van der Waals surface area contributed by atoms with E-state index >= 15 is 0 Å². The van der Waals surface area contributed by atoms with Gasteiger partial charge in [0, 0.05) is 31.3 Å². The second-order valence-corrected chi connectivity index (χ2v) is 4.26. The monoisotopic (exact) mass is 197 g/mol. The number of likely N-dealkylation sites (tertiary alicyclic amines) is 1. The standard InChI is InChI=1S/C10H15NO3/c1-2-14-9(13)11-4-3-10(7-11)5-8(12)6-10/h2-7H2,1H3. The zero-order valence-electron chi connectivity index (χ0n) is 8.41. The van der Waals surface area contributed by atoms with Crippen molar-refractivity contribution in [3.8, 4) is 0 Å². The molecule has 1 saturated heterocycles.